The summed E-state index contributed by atoms with van der Waals surface area (Å²) in [5, 5.41) is 11.4. The van der Waals surface area contributed by atoms with E-state index in [1.165, 1.54) is 18.7 Å². The zero-order chi connectivity index (χ0) is 18.8. The van der Waals surface area contributed by atoms with Crippen molar-refractivity contribution in [2.45, 2.75) is 0 Å². The number of fused-ring (bicyclic) bond motifs is 1. The molecule has 0 aliphatic heterocycles. The van der Waals surface area contributed by atoms with Crippen molar-refractivity contribution in [3.8, 4) is 11.4 Å². The van der Waals surface area contributed by atoms with Crippen molar-refractivity contribution in [1.29, 1.82) is 0 Å². The minimum atomic E-state index is -0.485. The van der Waals surface area contributed by atoms with E-state index in [0.717, 1.165) is 28.9 Å². The molecule has 3 aromatic rings. The van der Waals surface area contributed by atoms with Crippen molar-refractivity contribution >= 4 is 16.9 Å². The Balaban J connectivity index is 1.93. The minimum absolute atomic E-state index is 0.118. The molecule has 0 unspecified atom stereocenters. The molecule has 0 fully saturated rings. The predicted molar refractivity (Wildman–Crippen MR) is 100 cm³/mol. The Bertz CT molecular complexity index is 1050. The maximum Gasteiger partial charge on any atom is 0.332 e. The second kappa shape index (κ2) is 7.04. The first kappa shape index (κ1) is 17.7. The summed E-state index contributed by atoms with van der Waals surface area (Å²) < 4.78 is 2.27. The van der Waals surface area contributed by atoms with Gasteiger partial charge in [-0.15, -0.1) is 10.2 Å². The van der Waals surface area contributed by atoms with Crippen LogP contribution >= 0.6 is 0 Å². The van der Waals surface area contributed by atoms with Gasteiger partial charge in [0.25, 0.3) is 5.56 Å². The van der Waals surface area contributed by atoms with Gasteiger partial charge in [-0.2, -0.15) is 0 Å². The summed E-state index contributed by atoms with van der Waals surface area (Å²) >= 11 is 0. The molecule has 136 valence electrons. The van der Waals surface area contributed by atoms with Gasteiger partial charge in [0.1, 0.15) is 0 Å². The molecule has 0 saturated heterocycles. The molecule has 0 aliphatic carbocycles. The fourth-order valence-electron chi connectivity index (χ4n) is 2.53. The number of aryl methyl sites for hydroxylation is 1. The average Bonchev–Trinajstić information content (AvgIpc) is 2.64. The molecule has 3 rings (SSSR count). The Morgan fingerprint density at radius 3 is 2.38 bits per heavy atom. The van der Waals surface area contributed by atoms with Gasteiger partial charge in [-0.1, -0.05) is 0 Å². The third-order valence-electron chi connectivity index (χ3n) is 4.10. The van der Waals surface area contributed by atoms with Crippen LogP contribution in [-0.4, -0.2) is 56.4 Å². The van der Waals surface area contributed by atoms with E-state index < -0.39 is 11.2 Å². The highest BCUT2D eigenvalue weighted by atomic mass is 16.2. The molecule has 2 aromatic heterocycles. The van der Waals surface area contributed by atoms with E-state index in [-0.39, 0.29) is 11.2 Å². The lowest BCUT2D eigenvalue weighted by molar-refractivity contribution is 0.425. The topological polar surface area (TPSA) is 97.9 Å². The molecule has 9 heteroatoms. The summed E-state index contributed by atoms with van der Waals surface area (Å²) in [5.41, 5.74) is 1.08. The Labute approximate surface area is 149 Å². The van der Waals surface area contributed by atoms with E-state index in [1.807, 2.05) is 38.4 Å². The Morgan fingerprint density at radius 2 is 1.73 bits per heavy atom. The van der Waals surface area contributed by atoms with Gasteiger partial charge in [-0.25, -0.2) is 9.78 Å². The molecular formula is C17H21N7O2. The molecule has 0 spiro atoms. The lowest BCUT2D eigenvalue weighted by Crippen LogP contribution is -2.38. The summed E-state index contributed by atoms with van der Waals surface area (Å²) in [6.45, 7) is 1.77. The molecule has 1 N–H and O–H groups in total. The summed E-state index contributed by atoms with van der Waals surface area (Å²) in [7, 11) is 7.00. The molecule has 1 aromatic carbocycles. The summed E-state index contributed by atoms with van der Waals surface area (Å²) in [5.74, 6) is 0.341. The van der Waals surface area contributed by atoms with Crippen molar-refractivity contribution in [2.24, 2.45) is 14.1 Å². The highest BCUT2D eigenvalue weighted by Gasteiger charge is 2.13. The van der Waals surface area contributed by atoms with Crippen molar-refractivity contribution in [2.75, 3.05) is 32.5 Å². The van der Waals surface area contributed by atoms with E-state index in [0.29, 0.717) is 5.82 Å². The van der Waals surface area contributed by atoms with E-state index in [1.54, 1.807) is 0 Å². The predicted octanol–water partition coefficient (Wildman–Crippen LogP) is 0.0627. The highest BCUT2D eigenvalue weighted by Crippen LogP contribution is 2.18. The first-order valence-electron chi connectivity index (χ1n) is 8.18. The van der Waals surface area contributed by atoms with Crippen LogP contribution in [0.4, 0.5) is 5.69 Å². The monoisotopic (exact) mass is 355 g/mol. The maximum atomic E-state index is 12.3. The van der Waals surface area contributed by atoms with Crippen LogP contribution in [0, 0.1) is 0 Å². The summed E-state index contributed by atoms with van der Waals surface area (Å²) in [6.07, 6.45) is 0. The van der Waals surface area contributed by atoms with Gasteiger partial charge < -0.3 is 10.2 Å². The van der Waals surface area contributed by atoms with Crippen molar-refractivity contribution < 1.29 is 0 Å². The standard InChI is InChI=1S/C17H21N7O2/c1-22(2)10-9-18-12-7-5-11(6-8-12)14-19-13-15(21-20-14)23(3)17(26)24(4)16(13)25/h5-8,18H,9-10H2,1-4H3. The molecule has 9 nitrogen and oxygen atoms in total. The molecule has 0 atom stereocenters. The Hall–Kier alpha value is -3.07. The van der Waals surface area contributed by atoms with Crippen LogP contribution in [0.3, 0.4) is 0 Å². The number of rotatable bonds is 5. The number of aromatic nitrogens is 5. The number of nitrogens with one attached hydrogen (secondary N) is 1. The van der Waals surface area contributed by atoms with Crippen LogP contribution in [0.15, 0.2) is 33.9 Å². The van der Waals surface area contributed by atoms with Crippen LogP contribution in [0.1, 0.15) is 0 Å². The third kappa shape index (κ3) is 3.33. The van der Waals surface area contributed by atoms with E-state index in [4.69, 9.17) is 0 Å². The summed E-state index contributed by atoms with van der Waals surface area (Å²) in [6, 6.07) is 7.59. The number of likely N-dealkylation sites (N-methyl/N-ethyl adjacent to an activating group) is 1. The normalized spacial score (nSPS) is 11.3. The minimum Gasteiger partial charge on any atom is -0.384 e. The molecule has 0 radical (unpaired) electrons. The summed E-state index contributed by atoms with van der Waals surface area (Å²) in [4.78, 5) is 30.7. The molecule has 2 heterocycles. The van der Waals surface area contributed by atoms with Gasteiger partial charge in [0.2, 0.25) is 0 Å². The van der Waals surface area contributed by atoms with Gasteiger partial charge in [0, 0.05) is 38.4 Å². The SMILES string of the molecule is CN(C)CCNc1ccc(-c2nnc3c(n2)c(=O)n(C)c(=O)n3C)cc1. The number of benzene rings is 1. The Morgan fingerprint density at radius 1 is 1.04 bits per heavy atom. The number of hydrogen-bond donors (Lipinski definition) is 1. The quantitative estimate of drug-likeness (QED) is 0.691. The Kier molecular flexibility index (Phi) is 4.81. The first-order valence-corrected chi connectivity index (χ1v) is 8.18. The van der Waals surface area contributed by atoms with Gasteiger partial charge >= 0.3 is 5.69 Å². The zero-order valence-corrected chi connectivity index (χ0v) is 15.2. The van der Waals surface area contributed by atoms with E-state index >= 15 is 0 Å². The fourth-order valence-corrected chi connectivity index (χ4v) is 2.53. The molecule has 0 amide bonds. The van der Waals surface area contributed by atoms with Gasteiger partial charge in [-0.3, -0.25) is 13.9 Å². The van der Waals surface area contributed by atoms with E-state index in [2.05, 4.69) is 25.4 Å². The van der Waals surface area contributed by atoms with Crippen LogP contribution < -0.4 is 16.6 Å². The maximum absolute atomic E-state index is 12.3. The second-order valence-corrected chi connectivity index (χ2v) is 6.32. The fraction of sp³-hybridized carbons (Fsp3) is 0.353. The lowest BCUT2D eigenvalue weighted by Gasteiger charge is -2.11. The van der Waals surface area contributed by atoms with Crippen molar-refractivity contribution in [1.82, 2.24) is 29.2 Å². The number of anilines is 1. The van der Waals surface area contributed by atoms with Gasteiger partial charge in [-0.05, 0) is 38.4 Å². The average molecular weight is 355 g/mol. The van der Waals surface area contributed by atoms with Crippen LogP contribution in [-0.2, 0) is 14.1 Å². The molecule has 26 heavy (non-hydrogen) atoms. The van der Waals surface area contributed by atoms with Crippen molar-refractivity contribution in [3.05, 3.63) is 45.1 Å². The third-order valence-corrected chi connectivity index (χ3v) is 4.10. The largest absolute Gasteiger partial charge is 0.384 e. The smallest absolute Gasteiger partial charge is 0.332 e. The molecule has 0 aliphatic rings. The molecule has 0 bridgehead atoms. The van der Waals surface area contributed by atoms with Crippen LogP contribution in [0.2, 0.25) is 0 Å². The van der Waals surface area contributed by atoms with Crippen molar-refractivity contribution in [3.63, 3.8) is 0 Å². The molecular weight excluding hydrogens is 334 g/mol. The number of nitrogens with zero attached hydrogens (tertiary/aromatic N) is 6. The molecule has 0 saturated carbocycles. The first-order chi connectivity index (χ1) is 12.4. The van der Waals surface area contributed by atoms with Crippen LogP contribution in [0.5, 0.6) is 0 Å². The van der Waals surface area contributed by atoms with Gasteiger partial charge in [0.05, 0.1) is 0 Å². The highest BCUT2D eigenvalue weighted by molar-refractivity contribution is 5.71. The lowest BCUT2D eigenvalue weighted by atomic mass is 10.2. The van der Waals surface area contributed by atoms with Gasteiger partial charge in [0.15, 0.2) is 17.0 Å². The number of hydrogen-bond acceptors (Lipinski definition) is 7. The van der Waals surface area contributed by atoms with E-state index in [9.17, 15) is 9.59 Å². The second-order valence-electron chi connectivity index (χ2n) is 6.32. The van der Waals surface area contributed by atoms with Crippen LogP contribution in [0.25, 0.3) is 22.6 Å². The zero-order valence-electron chi connectivity index (χ0n) is 15.2.